The van der Waals surface area contributed by atoms with Crippen molar-refractivity contribution in [2.24, 2.45) is 17.8 Å². The first-order valence-electron chi connectivity index (χ1n) is 15.7. The molecule has 8 nitrogen and oxygen atoms in total. The Morgan fingerprint density at radius 3 is 2.28 bits per heavy atom. The zero-order chi connectivity index (χ0) is 31.5. The fourth-order valence-electron chi connectivity index (χ4n) is 6.22. The van der Waals surface area contributed by atoms with Crippen LogP contribution in [-0.2, 0) is 16.0 Å². The first-order chi connectivity index (χ1) is 20.5. The van der Waals surface area contributed by atoms with Crippen LogP contribution in [0.25, 0.3) is 0 Å². The Bertz CT molecular complexity index is 1180. The molecule has 1 aliphatic heterocycles. The first kappa shape index (κ1) is 34.1. The smallest absolute Gasteiger partial charge is 0.318 e. The van der Waals surface area contributed by atoms with Crippen LogP contribution in [0.1, 0.15) is 70.1 Å². The summed E-state index contributed by atoms with van der Waals surface area (Å²) >= 11 is 0. The molecule has 0 saturated carbocycles. The molecule has 2 aromatic carbocycles. The molecule has 0 radical (unpaired) electrons. The van der Waals surface area contributed by atoms with Crippen LogP contribution in [0.2, 0.25) is 0 Å². The quantitative estimate of drug-likeness (QED) is 0.247. The highest BCUT2D eigenvalue weighted by atomic mass is 16.5. The largest absolute Gasteiger partial charge is 0.483 e. The third-order valence-electron chi connectivity index (χ3n) is 8.15. The monoisotopic (exact) mass is 593 g/mol. The van der Waals surface area contributed by atoms with Crippen LogP contribution in [0.4, 0.5) is 4.79 Å². The van der Waals surface area contributed by atoms with E-state index in [0.29, 0.717) is 37.6 Å². The second-order valence-corrected chi connectivity index (χ2v) is 12.8. The van der Waals surface area contributed by atoms with Crippen LogP contribution in [0.3, 0.4) is 0 Å². The maximum Gasteiger partial charge on any atom is 0.318 e. The number of aliphatic hydroxyl groups excluding tert-OH is 1. The molecule has 0 aliphatic carbocycles. The van der Waals surface area contributed by atoms with Crippen molar-refractivity contribution in [1.29, 1.82) is 0 Å². The van der Waals surface area contributed by atoms with Crippen molar-refractivity contribution in [3.05, 3.63) is 65.2 Å². The molecule has 3 rings (SSSR count). The van der Waals surface area contributed by atoms with Gasteiger partial charge in [0.05, 0.1) is 18.2 Å². The minimum Gasteiger partial charge on any atom is -0.483 e. The molecule has 3 N–H and O–H groups in total. The molecule has 8 heteroatoms. The highest BCUT2D eigenvalue weighted by molar-refractivity contribution is 5.89. The van der Waals surface area contributed by atoms with Crippen molar-refractivity contribution in [2.45, 2.75) is 91.8 Å². The molecular formula is C35H51N3O5. The van der Waals surface area contributed by atoms with Gasteiger partial charge >= 0.3 is 6.03 Å². The van der Waals surface area contributed by atoms with E-state index in [1.807, 2.05) is 76.2 Å². The summed E-state index contributed by atoms with van der Waals surface area (Å²) in [5.74, 6) is 0.593. The number of hydrogen-bond donors (Lipinski definition) is 3. The molecule has 236 valence electrons. The third-order valence-corrected chi connectivity index (χ3v) is 8.15. The van der Waals surface area contributed by atoms with Crippen LogP contribution < -0.4 is 15.4 Å². The predicted octanol–water partition coefficient (Wildman–Crippen LogP) is 5.22. The van der Waals surface area contributed by atoms with E-state index < -0.39 is 18.2 Å². The van der Waals surface area contributed by atoms with Crippen LogP contribution in [0.15, 0.2) is 48.5 Å². The van der Waals surface area contributed by atoms with Crippen molar-refractivity contribution in [3.63, 3.8) is 0 Å². The lowest BCUT2D eigenvalue weighted by molar-refractivity contribution is -0.127. The van der Waals surface area contributed by atoms with E-state index in [0.717, 1.165) is 29.5 Å². The minimum absolute atomic E-state index is 0.0237. The topological polar surface area (TPSA) is 108 Å². The molecule has 1 aliphatic rings. The molecule has 4 atom stereocenters. The van der Waals surface area contributed by atoms with Gasteiger partial charge in [0.2, 0.25) is 0 Å². The van der Waals surface area contributed by atoms with Gasteiger partial charge in [-0.1, -0.05) is 76.2 Å². The average molecular weight is 594 g/mol. The summed E-state index contributed by atoms with van der Waals surface area (Å²) in [6.45, 7) is 13.1. The number of hydrogen-bond acceptors (Lipinski definition) is 5. The number of urea groups is 1. The summed E-state index contributed by atoms with van der Waals surface area (Å²) in [6.07, 6.45) is 1.75. The Hall–Kier alpha value is -3.39. The zero-order valence-corrected chi connectivity index (χ0v) is 26.8. The van der Waals surface area contributed by atoms with E-state index in [4.69, 9.17) is 4.74 Å². The maximum absolute atomic E-state index is 13.7. The molecule has 0 aromatic heterocycles. The van der Waals surface area contributed by atoms with Crippen molar-refractivity contribution in [3.8, 4) is 5.75 Å². The van der Waals surface area contributed by atoms with E-state index in [-0.39, 0.29) is 42.6 Å². The second-order valence-electron chi connectivity index (χ2n) is 12.8. The fourth-order valence-corrected chi connectivity index (χ4v) is 6.22. The molecule has 1 saturated heterocycles. The number of nitrogens with one attached hydrogen (secondary N) is 2. The van der Waals surface area contributed by atoms with Crippen LogP contribution >= 0.6 is 0 Å². The fraction of sp³-hybridized carbons (Fsp3) is 0.571. The number of carbonyl (C=O) groups is 3. The van der Waals surface area contributed by atoms with Crippen LogP contribution in [0, 0.1) is 31.6 Å². The third kappa shape index (κ3) is 10.4. The molecule has 1 fully saturated rings. The summed E-state index contributed by atoms with van der Waals surface area (Å²) in [7, 11) is 0. The number of carbonyl (C=O) groups excluding carboxylic acids is 3. The van der Waals surface area contributed by atoms with Gasteiger partial charge in [-0.25, -0.2) is 4.79 Å². The molecule has 0 bridgehead atoms. The van der Waals surface area contributed by atoms with Gasteiger partial charge < -0.3 is 25.4 Å². The summed E-state index contributed by atoms with van der Waals surface area (Å²) in [5, 5.41) is 17.5. The Balaban J connectivity index is 1.74. The maximum atomic E-state index is 13.7. The first-order valence-corrected chi connectivity index (χ1v) is 15.7. The van der Waals surface area contributed by atoms with Gasteiger partial charge in [-0.15, -0.1) is 0 Å². The van der Waals surface area contributed by atoms with E-state index in [2.05, 4.69) is 24.5 Å². The van der Waals surface area contributed by atoms with Gasteiger partial charge in [0.25, 0.3) is 5.91 Å². The highest BCUT2D eigenvalue weighted by Crippen LogP contribution is 2.27. The average Bonchev–Trinajstić information content (AvgIpc) is 2.93. The van der Waals surface area contributed by atoms with Gasteiger partial charge in [0, 0.05) is 19.5 Å². The second kappa shape index (κ2) is 16.5. The van der Waals surface area contributed by atoms with Crippen molar-refractivity contribution in [1.82, 2.24) is 15.5 Å². The van der Waals surface area contributed by atoms with Gasteiger partial charge in [-0.2, -0.15) is 0 Å². The number of rotatable bonds is 16. The normalized spacial score (nSPS) is 16.4. The lowest BCUT2D eigenvalue weighted by Crippen LogP contribution is -2.55. The van der Waals surface area contributed by atoms with E-state index >= 15 is 0 Å². The zero-order valence-electron chi connectivity index (χ0n) is 26.8. The molecule has 2 aromatic rings. The van der Waals surface area contributed by atoms with E-state index in [9.17, 15) is 19.5 Å². The predicted molar refractivity (Wildman–Crippen MR) is 170 cm³/mol. The van der Waals surface area contributed by atoms with Gasteiger partial charge in [0.15, 0.2) is 12.4 Å². The Morgan fingerprint density at radius 2 is 1.67 bits per heavy atom. The molecule has 43 heavy (non-hydrogen) atoms. The molecule has 0 unspecified atom stereocenters. The minimum atomic E-state index is -0.878. The summed E-state index contributed by atoms with van der Waals surface area (Å²) in [6, 6.07) is 14.4. The molecule has 1 heterocycles. The highest BCUT2D eigenvalue weighted by Gasteiger charge is 2.35. The number of amides is 3. The summed E-state index contributed by atoms with van der Waals surface area (Å²) in [5.41, 5.74) is 2.91. The van der Waals surface area contributed by atoms with Gasteiger partial charge in [-0.3, -0.25) is 9.59 Å². The van der Waals surface area contributed by atoms with E-state index in [1.54, 1.807) is 4.90 Å². The Labute approximate surface area is 257 Å². The number of benzene rings is 2. The van der Waals surface area contributed by atoms with E-state index in [1.165, 1.54) is 0 Å². The number of nitrogens with zero attached hydrogens (tertiary/aromatic N) is 1. The lowest BCUT2D eigenvalue weighted by atomic mass is 9.82. The van der Waals surface area contributed by atoms with Crippen molar-refractivity contribution >= 4 is 17.7 Å². The van der Waals surface area contributed by atoms with Crippen molar-refractivity contribution in [2.75, 3.05) is 19.7 Å². The Morgan fingerprint density at radius 1 is 1.00 bits per heavy atom. The number of para-hydroxylation sites is 1. The van der Waals surface area contributed by atoms with Crippen LogP contribution in [-0.4, -0.2) is 65.6 Å². The van der Waals surface area contributed by atoms with Crippen LogP contribution in [0.5, 0.6) is 5.75 Å². The number of aliphatic hydroxyl groups is 1. The van der Waals surface area contributed by atoms with Gasteiger partial charge in [-0.05, 0) is 74.0 Å². The molecule has 3 amide bonds. The Kier molecular flexibility index (Phi) is 13.1. The number of ether oxygens (including phenoxy) is 1. The molecular weight excluding hydrogens is 542 g/mol. The van der Waals surface area contributed by atoms with Crippen molar-refractivity contribution < 1.29 is 24.2 Å². The number of ketones is 1. The SMILES string of the molecule is Cc1cccc(C)c1OCC(=O)N[C@@H](Cc1ccccc1)[C@@H](O)C[C@@H](CC(=O)[C@H](C(C)C)N1CCCNC1=O)CC(C)C. The number of aryl methyl sites for hydroxylation is 2. The van der Waals surface area contributed by atoms with Gasteiger partial charge in [0.1, 0.15) is 5.75 Å². The number of Topliss-reactive ketones (excluding diaryl/α,β-unsaturated/α-hetero) is 1. The summed E-state index contributed by atoms with van der Waals surface area (Å²) in [4.78, 5) is 41.1. The standard InChI is InChI=1S/C35H51N3O5/c1-23(2)18-28(21-31(40)33(24(3)4)38-17-11-16-36-35(38)42)20-30(39)29(19-27-14-8-7-9-15-27)37-32(41)22-43-34-25(5)12-10-13-26(34)6/h7-10,12-15,23-24,28-30,33,39H,11,16-22H2,1-6H3,(H,36,42)(H,37,41)/t28-,29-,30-,33-/m0/s1. The molecule has 0 spiro atoms. The lowest BCUT2D eigenvalue weighted by Gasteiger charge is -2.37. The summed E-state index contributed by atoms with van der Waals surface area (Å²) < 4.78 is 5.89.